The van der Waals surface area contributed by atoms with Crippen molar-refractivity contribution in [1.82, 2.24) is 5.43 Å². The summed E-state index contributed by atoms with van der Waals surface area (Å²) in [7, 11) is 0. The van der Waals surface area contributed by atoms with E-state index in [4.69, 9.17) is 5.11 Å². The van der Waals surface area contributed by atoms with Gasteiger partial charge in [-0.1, -0.05) is 0 Å². The van der Waals surface area contributed by atoms with Crippen molar-refractivity contribution < 1.29 is 9.90 Å². The van der Waals surface area contributed by atoms with Crippen LogP contribution < -0.4 is 5.43 Å². The number of rotatable bonds is 1. The summed E-state index contributed by atoms with van der Waals surface area (Å²) in [4.78, 5) is 10.1. The number of carboxylic acids is 1. The first-order valence-electron chi connectivity index (χ1n) is 2.51. The van der Waals surface area contributed by atoms with E-state index in [-0.39, 0.29) is 5.70 Å². The van der Waals surface area contributed by atoms with Gasteiger partial charge in [0.15, 0.2) is 0 Å². The molecule has 1 aliphatic heterocycles. The van der Waals surface area contributed by atoms with Crippen LogP contribution in [0.3, 0.4) is 0 Å². The van der Waals surface area contributed by atoms with Crippen LogP contribution in [0.25, 0.3) is 0 Å². The summed E-state index contributed by atoms with van der Waals surface area (Å²) in [6, 6.07) is 0. The van der Waals surface area contributed by atoms with E-state index in [1.54, 1.807) is 12.3 Å². The molecule has 0 amide bonds. The van der Waals surface area contributed by atoms with Crippen LogP contribution in [0.2, 0.25) is 0 Å². The molecule has 0 bridgehead atoms. The molecule has 9 heavy (non-hydrogen) atoms. The van der Waals surface area contributed by atoms with Crippen LogP contribution in [0.5, 0.6) is 0 Å². The topological polar surface area (TPSA) is 61.7 Å². The van der Waals surface area contributed by atoms with Crippen molar-refractivity contribution in [3.05, 3.63) is 11.8 Å². The van der Waals surface area contributed by atoms with Gasteiger partial charge < -0.3 is 5.11 Å². The van der Waals surface area contributed by atoms with Crippen LogP contribution in [-0.2, 0) is 4.79 Å². The van der Waals surface area contributed by atoms with E-state index in [9.17, 15) is 4.79 Å². The number of hydrogen-bond acceptors (Lipinski definition) is 3. The van der Waals surface area contributed by atoms with Gasteiger partial charge in [0.25, 0.3) is 0 Å². The molecule has 2 N–H and O–H groups in total. The molecule has 0 aliphatic carbocycles. The second kappa shape index (κ2) is 2.30. The first-order chi connectivity index (χ1) is 4.30. The Hall–Kier alpha value is -1.32. The third-order valence-electron chi connectivity index (χ3n) is 0.934. The maximum atomic E-state index is 10.1. The highest BCUT2D eigenvalue weighted by atomic mass is 16.4. The average Bonchev–Trinajstić information content (AvgIpc) is 1.90. The van der Waals surface area contributed by atoms with Crippen molar-refractivity contribution in [2.75, 3.05) is 0 Å². The molecule has 0 saturated heterocycles. The molecule has 0 aromatic carbocycles. The number of hydrazone groups is 1. The first kappa shape index (κ1) is 5.81. The molecule has 48 valence electrons. The second-order valence-corrected chi connectivity index (χ2v) is 1.58. The lowest BCUT2D eigenvalue weighted by molar-refractivity contribution is -0.133. The molecule has 1 heterocycles. The average molecular weight is 126 g/mol. The third-order valence-corrected chi connectivity index (χ3v) is 0.934. The van der Waals surface area contributed by atoms with Crippen LogP contribution in [0.4, 0.5) is 0 Å². The number of nitrogens with one attached hydrogen (secondary N) is 1. The van der Waals surface area contributed by atoms with E-state index in [1.165, 1.54) is 0 Å². The maximum Gasteiger partial charge on any atom is 0.353 e. The van der Waals surface area contributed by atoms with Crippen molar-refractivity contribution in [2.24, 2.45) is 5.10 Å². The summed E-state index contributed by atoms with van der Waals surface area (Å²) in [6.45, 7) is 0. The van der Waals surface area contributed by atoms with Crippen LogP contribution in [0.1, 0.15) is 6.42 Å². The predicted molar refractivity (Wildman–Crippen MR) is 32.0 cm³/mol. The van der Waals surface area contributed by atoms with Gasteiger partial charge in [-0.2, -0.15) is 5.10 Å². The molecular formula is C5H6N2O2. The van der Waals surface area contributed by atoms with Crippen LogP contribution in [0, 0.1) is 0 Å². The van der Waals surface area contributed by atoms with Crippen molar-refractivity contribution in [3.8, 4) is 0 Å². The summed E-state index contributed by atoms with van der Waals surface area (Å²) in [5, 5.41) is 11.9. The molecule has 1 aliphatic rings. The monoisotopic (exact) mass is 126 g/mol. The SMILES string of the molecule is O=C(O)C1=CCC=NN1. The van der Waals surface area contributed by atoms with Gasteiger partial charge in [-0.15, -0.1) is 0 Å². The third kappa shape index (κ3) is 1.28. The minimum absolute atomic E-state index is 0.150. The largest absolute Gasteiger partial charge is 0.477 e. The normalized spacial score (nSPS) is 16.2. The Morgan fingerprint density at radius 1 is 1.89 bits per heavy atom. The van der Waals surface area contributed by atoms with Crippen molar-refractivity contribution in [3.63, 3.8) is 0 Å². The Labute approximate surface area is 51.9 Å². The summed E-state index contributed by atoms with van der Waals surface area (Å²) in [5.41, 5.74) is 2.50. The minimum atomic E-state index is -0.966. The molecule has 0 unspecified atom stereocenters. The number of hydrogen-bond donors (Lipinski definition) is 2. The number of carboxylic acid groups (broad SMARTS) is 1. The van der Waals surface area contributed by atoms with E-state index in [0.29, 0.717) is 6.42 Å². The van der Waals surface area contributed by atoms with Gasteiger partial charge in [-0.3, -0.25) is 5.43 Å². The molecule has 4 heteroatoms. The number of aliphatic carboxylic acids is 1. The van der Waals surface area contributed by atoms with E-state index in [0.717, 1.165) is 0 Å². The minimum Gasteiger partial charge on any atom is -0.477 e. The van der Waals surface area contributed by atoms with Crippen molar-refractivity contribution in [1.29, 1.82) is 0 Å². The van der Waals surface area contributed by atoms with Gasteiger partial charge in [0.1, 0.15) is 5.70 Å². The highest BCUT2D eigenvalue weighted by molar-refractivity contribution is 5.87. The van der Waals surface area contributed by atoms with Crippen molar-refractivity contribution >= 4 is 12.2 Å². The molecule has 0 atom stereocenters. The molecule has 1 rings (SSSR count). The molecule has 4 nitrogen and oxygen atoms in total. The fraction of sp³-hybridized carbons (Fsp3) is 0.200. The van der Waals surface area contributed by atoms with Gasteiger partial charge in [-0.05, 0) is 6.08 Å². The Kier molecular flexibility index (Phi) is 1.48. The molecule has 0 aromatic heterocycles. The molecule has 0 fully saturated rings. The van der Waals surface area contributed by atoms with Crippen molar-refractivity contribution in [2.45, 2.75) is 6.42 Å². The molecule has 0 aromatic rings. The molecule has 0 radical (unpaired) electrons. The van der Waals surface area contributed by atoms with E-state index < -0.39 is 5.97 Å². The first-order valence-corrected chi connectivity index (χ1v) is 2.51. The van der Waals surface area contributed by atoms with Gasteiger partial charge in [0.2, 0.25) is 0 Å². The van der Waals surface area contributed by atoms with Crippen LogP contribution in [-0.4, -0.2) is 17.3 Å². The quantitative estimate of drug-likeness (QED) is 0.517. The van der Waals surface area contributed by atoms with Gasteiger partial charge in [0, 0.05) is 12.6 Å². The number of nitrogens with zero attached hydrogens (tertiary/aromatic N) is 1. The standard InChI is InChI=1S/C5H6N2O2/c8-5(9)4-2-1-3-6-7-4/h2-3,7H,1H2,(H,8,9). The summed E-state index contributed by atoms with van der Waals surface area (Å²) in [6.07, 6.45) is 3.76. The summed E-state index contributed by atoms with van der Waals surface area (Å²) >= 11 is 0. The fourth-order valence-electron chi connectivity index (χ4n) is 0.519. The van der Waals surface area contributed by atoms with Gasteiger partial charge in [-0.25, -0.2) is 4.79 Å². The fourth-order valence-corrected chi connectivity index (χ4v) is 0.519. The number of allylic oxidation sites excluding steroid dienone is 1. The zero-order valence-corrected chi connectivity index (χ0v) is 4.66. The highest BCUT2D eigenvalue weighted by Crippen LogP contribution is 1.95. The lowest BCUT2D eigenvalue weighted by Gasteiger charge is -2.02. The zero-order valence-electron chi connectivity index (χ0n) is 4.66. The lowest BCUT2D eigenvalue weighted by Crippen LogP contribution is -2.17. The predicted octanol–water partition coefficient (Wildman–Crippen LogP) is -0.0660. The molecule has 0 spiro atoms. The van der Waals surface area contributed by atoms with Crippen LogP contribution >= 0.6 is 0 Å². The second-order valence-electron chi connectivity index (χ2n) is 1.58. The molecular weight excluding hydrogens is 120 g/mol. The highest BCUT2D eigenvalue weighted by Gasteiger charge is 2.05. The lowest BCUT2D eigenvalue weighted by atomic mass is 10.3. The zero-order chi connectivity index (χ0) is 6.69. The Balaban J connectivity index is 2.61. The summed E-state index contributed by atoms with van der Waals surface area (Å²) in [5.74, 6) is -0.966. The van der Waals surface area contributed by atoms with Gasteiger partial charge in [0.05, 0.1) is 0 Å². The van der Waals surface area contributed by atoms with Gasteiger partial charge >= 0.3 is 5.97 Å². The Morgan fingerprint density at radius 2 is 2.67 bits per heavy atom. The van der Waals surface area contributed by atoms with E-state index in [2.05, 4.69) is 10.5 Å². The maximum absolute atomic E-state index is 10.1. The Bertz CT molecular complexity index is 183. The van der Waals surface area contributed by atoms with E-state index >= 15 is 0 Å². The van der Waals surface area contributed by atoms with Crippen LogP contribution in [0.15, 0.2) is 16.9 Å². The number of carbonyl (C=O) groups is 1. The Morgan fingerprint density at radius 3 is 3.00 bits per heavy atom. The summed E-state index contributed by atoms with van der Waals surface area (Å²) < 4.78 is 0. The van der Waals surface area contributed by atoms with E-state index in [1.807, 2.05) is 0 Å². The molecule has 0 saturated carbocycles. The smallest absolute Gasteiger partial charge is 0.353 e.